The molecule has 1 fully saturated rings. The normalized spacial score (nSPS) is 14.1. The maximum absolute atomic E-state index is 12.7. The lowest BCUT2D eigenvalue weighted by molar-refractivity contribution is -0.135. The second-order valence-electron chi connectivity index (χ2n) is 7.38. The van der Waals surface area contributed by atoms with Crippen LogP contribution in [0.3, 0.4) is 0 Å². The molecule has 0 atom stereocenters. The van der Waals surface area contributed by atoms with Gasteiger partial charge in [-0.2, -0.15) is 5.10 Å². The van der Waals surface area contributed by atoms with Gasteiger partial charge in [-0.15, -0.1) is 0 Å². The van der Waals surface area contributed by atoms with Crippen LogP contribution in [0, 0.1) is 0 Å². The summed E-state index contributed by atoms with van der Waals surface area (Å²) in [5.41, 5.74) is 4.21. The van der Waals surface area contributed by atoms with Gasteiger partial charge in [0.25, 0.3) is 5.91 Å². The molecule has 172 valence electrons. The number of halogens is 2. The van der Waals surface area contributed by atoms with Crippen molar-refractivity contribution in [2.75, 3.05) is 32.9 Å². The highest BCUT2D eigenvalue weighted by Gasteiger charge is 2.18. The van der Waals surface area contributed by atoms with Crippen molar-refractivity contribution in [2.45, 2.75) is 6.54 Å². The number of para-hydroxylation sites is 1. The number of morpholine rings is 1. The first kappa shape index (κ1) is 23.5. The van der Waals surface area contributed by atoms with E-state index >= 15 is 0 Å². The number of carbonyl (C=O) groups excluding carboxylic acids is 2. The van der Waals surface area contributed by atoms with Gasteiger partial charge in [0.15, 0.2) is 6.61 Å². The van der Waals surface area contributed by atoms with Crippen LogP contribution in [0.25, 0.3) is 10.9 Å². The van der Waals surface area contributed by atoms with E-state index in [2.05, 4.69) is 42.4 Å². The topological polar surface area (TPSA) is 85.2 Å². The summed E-state index contributed by atoms with van der Waals surface area (Å²) in [6, 6.07) is 13.2. The van der Waals surface area contributed by atoms with Gasteiger partial charge < -0.3 is 18.9 Å². The smallest absolute Gasteiger partial charge is 0.277 e. The summed E-state index contributed by atoms with van der Waals surface area (Å²) >= 11 is 6.77. The molecule has 8 nitrogen and oxygen atoms in total. The van der Waals surface area contributed by atoms with E-state index in [1.807, 2.05) is 52.1 Å². The Hall–Kier alpha value is -2.69. The molecule has 0 saturated carbocycles. The third-order valence-electron chi connectivity index (χ3n) is 5.13. The maximum Gasteiger partial charge on any atom is 0.277 e. The molecule has 2 heterocycles. The van der Waals surface area contributed by atoms with Crippen molar-refractivity contribution in [1.82, 2.24) is 14.9 Å². The largest absolute Gasteiger partial charge is 0.483 e. The Morgan fingerprint density at radius 3 is 2.73 bits per heavy atom. The number of hydrogen-bond acceptors (Lipinski definition) is 5. The van der Waals surface area contributed by atoms with Gasteiger partial charge in [0, 0.05) is 40.2 Å². The molecule has 1 N–H and O–H groups in total. The van der Waals surface area contributed by atoms with Crippen LogP contribution in [0.5, 0.6) is 5.75 Å². The third-order valence-corrected chi connectivity index (χ3v) is 6.25. The fourth-order valence-electron chi connectivity index (χ4n) is 3.51. The van der Waals surface area contributed by atoms with E-state index in [1.54, 1.807) is 12.3 Å². The standard InChI is InChI=1S/C23H22Br2N4O4/c24-17-5-6-21(19(25)11-17)33-15-22(30)27-26-12-16-13-29(20-4-2-1-3-18(16)20)14-23(31)28-7-9-32-10-8-28/h1-6,11-13H,7-10,14-15H2,(H,27,30)/b26-12+. The van der Waals surface area contributed by atoms with Crippen molar-refractivity contribution in [3.63, 3.8) is 0 Å². The number of nitrogens with zero attached hydrogens (tertiary/aromatic N) is 3. The van der Waals surface area contributed by atoms with Crippen LogP contribution in [-0.2, 0) is 20.9 Å². The van der Waals surface area contributed by atoms with Crippen LogP contribution in [0.4, 0.5) is 0 Å². The molecule has 4 rings (SSSR count). The second kappa shape index (κ2) is 11.0. The molecule has 1 aliphatic rings. The number of hydrazone groups is 1. The first-order valence-electron chi connectivity index (χ1n) is 10.3. The minimum Gasteiger partial charge on any atom is -0.483 e. The quantitative estimate of drug-likeness (QED) is 0.344. The van der Waals surface area contributed by atoms with Crippen molar-refractivity contribution in [2.24, 2.45) is 5.10 Å². The molecule has 1 aliphatic heterocycles. The highest BCUT2D eigenvalue weighted by molar-refractivity contribution is 9.11. The van der Waals surface area contributed by atoms with E-state index in [1.165, 1.54) is 0 Å². The van der Waals surface area contributed by atoms with E-state index in [4.69, 9.17) is 9.47 Å². The molecule has 3 aromatic rings. The molecule has 0 aliphatic carbocycles. The fraction of sp³-hybridized carbons (Fsp3) is 0.261. The molecular weight excluding hydrogens is 556 g/mol. The number of rotatable bonds is 7. The van der Waals surface area contributed by atoms with E-state index in [0.717, 1.165) is 25.4 Å². The molecule has 2 amide bonds. The molecule has 33 heavy (non-hydrogen) atoms. The molecule has 0 spiro atoms. The number of nitrogens with one attached hydrogen (secondary N) is 1. The van der Waals surface area contributed by atoms with Crippen LogP contribution in [0.1, 0.15) is 5.56 Å². The predicted molar refractivity (Wildman–Crippen MR) is 132 cm³/mol. The van der Waals surface area contributed by atoms with Gasteiger partial charge in [0.2, 0.25) is 5.91 Å². The van der Waals surface area contributed by atoms with E-state index in [0.29, 0.717) is 32.1 Å². The zero-order valence-corrected chi connectivity index (χ0v) is 20.8. The molecule has 0 radical (unpaired) electrons. The van der Waals surface area contributed by atoms with Gasteiger partial charge in [0.1, 0.15) is 12.3 Å². The summed E-state index contributed by atoms with van der Waals surface area (Å²) < 4.78 is 14.4. The Kier molecular flexibility index (Phi) is 7.79. The fourth-order valence-corrected chi connectivity index (χ4v) is 4.67. The Balaban J connectivity index is 1.39. The number of benzene rings is 2. The van der Waals surface area contributed by atoms with E-state index < -0.39 is 0 Å². The van der Waals surface area contributed by atoms with Crippen LogP contribution in [0.15, 0.2) is 62.7 Å². The van der Waals surface area contributed by atoms with Crippen molar-refractivity contribution < 1.29 is 19.1 Å². The Morgan fingerprint density at radius 1 is 1.15 bits per heavy atom. The van der Waals surface area contributed by atoms with Crippen LogP contribution in [-0.4, -0.2) is 60.4 Å². The van der Waals surface area contributed by atoms with Gasteiger partial charge in [0.05, 0.1) is 23.9 Å². The Labute approximate surface area is 207 Å². The number of ether oxygens (including phenoxy) is 2. The Morgan fingerprint density at radius 2 is 1.94 bits per heavy atom. The van der Waals surface area contributed by atoms with Crippen LogP contribution in [0.2, 0.25) is 0 Å². The lowest BCUT2D eigenvalue weighted by Gasteiger charge is -2.27. The summed E-state index contributed by atoms with van der Waals surface area (Å²) in [4.78, 5) is 26.6. The lowest BCUT2D eigenvalue weighted by Crippen LogP contribution is -2.42. The number of fused-ring (bicyclic) bond motifs is 1. The summed E-state index contributed by atoms with van der Waals surface area (Å²) in [6.45, 7) is 2.41. The minimum absolute atomic E-state index is 0.0482. The minimum atomic E-state index is -0.382. The van der Waals surface area contributed by atoms with Crippen LogP contribution >= 0.6 is 31.9 Å². The number of hydrogen-bond donors (Lipinski definition) is 1. The highest BCUT2D eigenvalue weighted by atomic mass is 79.9. The van der Waals surface area contributed by atoms with Gasteiger partial charge in [-0.25, -0.2) is 5.43 Å². The summed E-state index contributed by atoms with van der Waals surface area (Å²) in [6.07, 6.45) is 3.44. The number of aromatic nitrogens is 1. The second-order valence-corrected chi connectivity index (χ2v) is 9.15. The van der Waals surface area contributed by atoms with E-state index in [-0.39, 0.29) is 25.0 Å². The third kappa shape index (κ3) is 6.01. The molecule has 10 heteroatoms. The zero-order valence-electron chi connectivity index (χ0n) is 17.7. The molecular formula is C23H22Br2N4O4. The average molecular weight is 578 g/mol. The number of carbonyl (C=O) groups is 2. The van der Waals surface area contributed by atoms with E-state index in [9.17, 15) is 9.59 Å². The van der Waals surface area contributed by atoms with Gasteiger partial charge >= 0.3 is 0 Å². The van der Waals surface area contributed by atoms with Gasteiger partial charge in [-0.1, -0.05) is 34.1 Å². The maximum atomic E-state index is 12.7. The van der Waals surface area contributed by atoms with Crippen LogP contribution < -0.4 is 10.2 Å². The molecule has 0 unspecified atom stereocenters. The average Bonchev–Trinajstić information content (AvgIpc) is 3.16. The Bertz CT molecular complexity index is 1190. The molecule has 2 aromatic carbocycles. The molecule has 1 saturated heterocycles. The first-order valence-corrected chi connectivity index (χ1v) is 11.9. The van der Waals surface area contributed by atoms with Gasteiger partial charge in [-0.3, -0.25) is 9.59 Å². The summed E-state index contributed by atoms with van der Waals surface area (Å²) in [5.74, 6) is 0.227. The first-order chi connectivity index (χ1) is 16.0. The lowest BCUT2D eigenvalue weighted by atomic mass is 10.2. The van der Waals surface area contributed by atoms with Gasteiger partial charge in [-0.05, 0) is 40.2 Å². The monoisotopic (exact) mass is 576 g/mol. The SMILES string of the molecule is O=C(COc1ccc(Br)cc1Br)N/N=C/c1cn(CC(=O)N2CCOCC2)c2ccccc12. The van der Waals surface area contributed by atoms with Crippen molar-refractivity contribution in [3.05, 3.63) is 63.2 Å². The zero-order chi connectivity index (χ0) is 23.2. The summed E-state index contributed by atoms with van der Waals surface area (Å²) in [5, 5.41) is 5.02. The molecule has 1 aromatic heterocycles. The van der Waals surface area contributed by atoms with Crippen molar-refractivity contribution in [1.29, 1.82) is 0 Å². The summed E-state index contributed by atoms with van der Waals surface area (Å²) in [7, 11) is 0. The number of amides is 2. The highest BCUT2D eigenvalue weighted by Crippen LogP contribution is 2.28. The predicted octanol–water partition coefficient (Wildman–Crippen LogP) is 3.55. The molecule has 0 bridgehead atoms. The van der Waals surface area contributed by atoms with Crippen molar-refractivity contribution in [3.8, 4) is 5.75 Å². The van der Waals surface area contributed by atoms with Crippen molar-refractivity contribution >= 4 is 60.8 Å².